The molecule has 0 saturated carbocycles. The highest BCUT2D eigenvalue weighted by Crippen LogP contribution is 2.41. The molecule has 0 bridgehead atoms. The summed E-state index contributed by atoms with van der Waals surface area (Å²) in [7, 11) is 0. The van der Waals surface area contributed by atoms with Crippen LogP contribution in [0, 0.1) is 0 Å². The van der Waals surface area contributed by atoms with Crippen LogP contribution in [0.2, 0.25) is 0 Å². The summed E-state index contributed by atoms with van der Waals surface area (Å²) in [5.41, 5.74) is 11.5. The second kappa shape index (κ2) is 11.0. The first-order valence-electron chi connectivity index (χ1n) is 16.6. The SMILES string of the molecule is c1ccc(-c2ccc(N(c3ccc(-c4ccc5ccc6oc7ccccc7c6c5c4)cc3)c3ccc4c(c3)oc3ccccc34)cc2)cc1. The third-order valence-corrected chi connectivity index (χ3v) is 9.67. The third-order valence-electron chi connectivity index (χ3n) is 9.67. The van der Waals surface area contributed by atoms with Crippen LogP contribution in [-0.2, 0) is 0 Å². The maximum absolute atomic E-state index is 6.32. The van der Waals surface area contributed by atoms with Gasteiger partial charge in [-0.2, -0.15) is 0 Å². The van der Waals surface area contributed by atoms with Crippen molar-refractivity contribution in [3.8, 4) is 22.3 Å². The fourth-order valence-corrected chi connectivity index (χ4v) is 7.26. The van der Waals surface area contributed by atoms with Gasteiger partial charge in [0, 0.05) is 44.7 Å². The van der Waals surface area contributed by atoms with Crippen molar-refractivity contribution in [3.63, 3.8) is 0 Å². The second-order valence-corrected chi connectivity index (χ2v) is 12.5. The van der Waals surface area contributed by atoms with Gasteiger partial charge in [-0.3, -0.25) is 0 Å². The lowest BCUT2D eigenvalue weighted by Gasteiger charge is -2.26. The number of rotatable bonds is 5. The molecule has 3 nitrogen and oxygen atoms in total. The van der Waals surface area contributed by atoms with Crippen LogP contribution in [0.3, 0.4) is 0 Å². The Balaban J connectivity index is 1.08. The van der Waals surface area contributed by atoms with Gasteiger partial charge in [0.2, 0.25) is 0 Å². The van der Waals surface area contributed by atoms with Crippen molar-refractivity contribution in [2.24, 2.45) is 0 Å². The van der Waals surface area contributed by atoms with Gasteiger partial charge >= 0.3 is 0 Å². The minimum Gasteiger partial charge on any atom is -0.456 e. The average molecular weight is 628 g/mol. The molecule has 0 unspecified atom stereocenters. The Kier molecular flexibility index (Phi) is 6.18. The third kappa shape index (κ3) is 4.59. The topological polar surface area (TPSA) is 29.5 Å². The summed E-state index contributed by atoms with van der Waals surface area (Å²) in [5.74, 6) is 0. The number of hydrogen-bond acceptors (Lipinski definition) is 3. The molecular formula is C46H29NO2. The lowest BCUT2D eigenvalue weighted by atomic mass is 9.98. The molecule has 230 valence electrons. The van der Waals surface area contributed by atoms with E-state index in [0.717, 1.165) is 66.5 Å². The highest BCUT2D eigenvalue weighted by molar-refractivity contribution is 6.19. The molecule has 0 aliphatic rings. The van der Waals surface area contributed by atoms with E-state index >= 15 is 0 Å². The van der Waals surface area contributed by atoms with Crippen molar-refractivity contribution < 1.29 is 8.83 Å². The largest absolute Gasteiger partial charge is 0.456 e. The van der Waals surface area contributed by atoms with Crippen LogP contribution in [0.5, 0.6) is 0 Å². The van der Waals surface area contributed by atoms with Crippen LogP contribution in [0.25, 0.3) is 76.9 Å². The van der Waals surface area contributed by atoms with Gasteiger partial charge in [-0.05, 0) is 93.7 Å². The molecule has 0 aliphatic carbocycles. The van der Waals surface area contributed by atoms with E-state index in [-0.39, 0.29) is 0 Å². The molecule has 0 spiro atoms. The quantitative estimate of drug-likeness (QED) is 0.190. The fourth-order valence-electron chi connectivity index (χ4n) is 7.26. The van der Waals surface area contributed by atoms with Gasteiger partial charge in [0.25, 0.3) is 0 Å². The van der Waals surface area contributed by atoms with Crippen molar-refractivity contribution >= 4 is 71.7 Å². The molecule has 0 N–H and O–H groups in total. The number of fused-ring (bicyclic) bond motifs is 8. The summed E-state index contributed by atoms with van der Waals surface area (Å²) < 4.78 is 12.5. The molecule has 2 heterocycles. The molecule has 0 saturated heterocycles. The molecule has 49 heavy (non-hydrogen) atoms. The van der Waals surface area contributed by atoms with Crippen molar-refractivity contribution in [2.45, 2.75) is 0 Å². The maximum atomic E-state index is 6.32. The minimum absolute atomic E-state index is 0.871. The van der Waals surface area contributed by atoms with E-state index in [1.165, 1.54) is 27.5 Å². The Hall–Kier alpha value is -6.58. The van der Waals surface area contributed by atoms with Gasteiger partial charge in [-0.25, -0.2) is 0 Å². The highest BCUT2D eigenvalue weighted by Gasteiger charge is 2.17. The first-order chi connectivity index (χ1) is 24.3. The molecule has 0 fully saturated rings. The summed E-state index contributed by atoms with van der Waals surface area (Å²) >= 11 is 0. The molecule has 8 aromatic carbocycles. The summed E-state index contributed by atoms with van der Waals surface area (Å²) in [6, 6.07) is 62.1. The molecule has 0 aliphatic heterocycles. The van der Waals surface area contributed by atoms with E-state index in [0.29, 0.717) is 0 Å². The Morgan fingerprint density at radius 1 is 0.306 bits per heavy atom. The molecular weight excluding hydrogens is 599 g/mol. The minimum atomic E-state index is 0.871. The van der Waals surface area contributed by atoms with E-state index in [4.69, 9.17) is 8.83 Å². The predicted octanol–water partition coefficient (Wildman–Crippen LogP) is 13.4. The summed E-state index contributed by atoms with van der Waals surface area (Å²) in [5, 5.41) is 6.95. The Morgan fingerprint density at radius 3 is 1.59 bits per heavy atom. The lowest BCUT2D eigenvalue weighted by Crippen LogP contribution is -2.09. The molecule has 2 aromatic heterocycles. The summed E-state index contributed by atoms with van der Waals surface area (Å²) in [6.45, 7) is 0. The van der Waals surface area contributed by atoms with Gasteiger partial charge in [-0.1, -0.05) is 109 Å². The van der Waals surface area contributed by atoms with Crippen LogP contribution in [0.4, 0.5) is 17.1 Å². The number of anilines is 3. The molecule has 0 radical (unpaired) electrons. The Labute approximate surface area is 282 Å². The zero-order valence-electron chi connectivity index (χ0n) is 26.5. The number of furan rings is 2. The molecule has 0 atom stereocenters. The Morgan fingerprint density at radius 2 is 0.837 bits per heavy atom. The molecule has 10 aromatic rings. The molecule has 0 amide bonds. The summed E-state index contributed by atoms with van der Waals surface area (Å²) in [4.78, 5) is 2.30. The monoisotopic (exact) mass is 627 g/mol. The van der Waals surface area contributed by atoms with Crippen molar-refractivity contribution in [1.82, 2.24) is 0 Å². The van der Waals surface area contributed by atoms with Gasteiger partial charge < -0.3 is 13.7 Å². The van der Waals surface area contributed by atoms with Crippen LogP contribution >= 0.6 is 0 Å². The molecule has 10 rings (SSSR count). The van der Waals surface area contributed by atoms with E-state index in [1.54, 1.807) is 0 Å². The smallest absolute Gasteiger partial charge is 0.137 e. The number of para-hydroxylation sites is 2. The van der Waals surface area contributed by atoms with Crippen molar-refractivity contribution in [1.29, 1.82) is 0 Å². The Bertz CT molecular complexity index is 2810. The number of nitrogens with zero attached hydrogens (tertiary/aromatic N) is 1. The first-order valence-corrected chi connectivity index (χ1v) is 16.6. The standard InChI is InChI=1S/C46H29NO2/c1-2-8-30(9-3-1)31-16-21-35(22-17-31)47(37-25-26-39-38-10-4-6-12-42(38)49-45(39)29-37)36-23-18-32(19-24-36)34-15-14-33-20-27-44-46(41(33)28-34)40-11-5-7-13-43(40)48-44/h1-29H. The van der Waals surface area contributed by atoms with E-state index in [9.17, 15) is 0 Å². The van der Waals surface area contributed by atoms with Crippen molar-refractivity contribution in [3.05, 3.63) is 176 Å². The van der Waals surface area contributed by atoms with Crippen LogP contribution in [0.1, 0.15) is 0 Å². The van der Waals surface area contributed by atoms with Gasteiger partial charge in [-0.15, -0.1) is 0 Å². The van der Waals surface area contributed by atoms with Crippen molar-refractivity contribution in [2.75, 3.05) is 4.90 Å². The lowest BCUT2D eigenvalue weighted by molar-refractivity contribution is 0.668. The van der Waals surface area contributed by atoms with Gasteiger partial charge in [0.15, 0.2) is 0 Å². The highest BCUT2D eigenvalue weighted by atomic mass is 16.3. The summed E-state index contributed by atoms with van der Waals surface area (Å²) in [6.07, 6.45) is 0. The van der Waals surface area contributed by atoms with Gasteiger partial charge in [0.1, 0.15) is 22.3 Å². The first kappa shape index (κ1) is 27.5. The zero-order valence-corrected chi connectivity index (χ0v) is 26.5. The molecule has 3 heteroatoms. The van der Waals surface area contributed by atoms with E-state index < -0.39 is 0 Å². The normalized spacial score (nSPS) is 11.7. The van der Waals surface area contributed by atoms with Crippen LogP contribution in [-0.4, -0.2) is 0 Å². The maximum Gasteiger partial charge on any atom is 0.137 e. The average Bonchev–Trinajstić information content (AvgIpc) is 3.74. The van der Waals surface area contributed by atoms with E-state index in [1.807, 2.05) is 24.3 Å². The van der Waals surface area contributed by atoms with Crippen LogP contribution < -0.4 is 4.90 Å². The van der Waals surface area contributed by atoms with E-state index in [2.05, 4.69) is 157 Å². The van der Waals surface area contributed by atoms with Gasteiger partial charge in [0.05, 0.1) is 0 Å². The fraction of sp³-hybridized carbons (Fsp3) is 0. The number of hydrogen-bond donors (Lipinski definition) is 0. The zero-order chi connectivity index (χ0) is 32.3. The number of benzene rings is 8. The second-order valence-electron chi connectivity index (χ2n) is 12.5. The van der Waals surface area contributed by atoms with Crippen LogP contribution in [0.15, 0.2) is 185 Å². The predicted molar refractivity (Wildman–Crippen MR) is 204 cm³/mol.